The standard InChI is InChI=1S/C12H20N4O2/c1-9-10(7-13)11(16(3)15-9)14-8-12(2,17)5-6-18-4/h14,17H,5-6,8H2,1-4H3. The maximum atomic E-state index is 10.1. The van der Waals surface area contributed by atoms with Crippen molar-refractivity contribution in [1.29, 1.82) is 5.26 Å². The maximum Gasteiger partial charge on any atom is 0.142 e. The molecule has 6 nitrogen and oxygen atoms in total. The number of nitrogens with zero attached hydrogens (tertiary/aromatic N) is 3. The first-order chi connectivity index (χ1) is 8.41. The second kappa shape index (κ2) is 5.85. The number of nitrogens with one attached hydrogen (secondary N) is 1. The van der Waals surface area contributed by atoms with Crippen molar-refractivity contribution in [2.24, 2.45) is 7.05 Å². The summed E-state index contributed by atoms with van der Waals surface area (Å²) in [5, 5.41) is 26.4. The molecule has 0 amide bonds. The molecule has 0 aromatic carbocycles. The van der Waals surface area contributed by atoms with Crippen LogP contribution in [0.4, 0.5) is 5.82 Å². The fourth-order valence-corrected chi connectivity index (χ4v) is 1.68. The van der Waals surface area contributed by atoms with Gasteiger partial charge in [0.15, 0.2) is 0 Å². The number of ether oxygens (including phenoxy) is 1. The minimum absolute atomic E-state index is 0.337. The number of aliphatic hydroxyl groups is 1. The Morgan fingerprint density at radius 3 is 2.83 bits per heavy atom. The average molecular weight is 252 g/mol. The smallest absolute Gasteiger partial charge is 0.142 e. The van der Waals surface area contributed by atoms with E-state index in [0.717, 1.165) is 0 Å². The lowest BCUT2D eigenvalue weighted by Gasteiger charge is -2.23. The lowest BCUT2D eigenvalue weighted by Crippen LogP contribution is -2.35. The second-order valence-corrected chi connectivity index (χ2v) is 4.64. The van der Waals surface area contributed by atoms with E-state index in [4.69, 9.17) is 10.00 Å². The molecule has 0 saturated carbocycles. The summed E-state index contributed by atoms with van der Waals surface area (Å²) in [5.41, 5.74) is 0.306. The number of hydrogen-bond donors (Lipinski definition) is 2. The number of hydrogen-bond acceptors (Lipinski definition) is 5. The zero-order valence-electron chi connectivity index (χ0n) is 11.3. The number of aromatic nitrogens is 2. The number of rotatable bonds is 6. The van der Waals surface area contributed by atoms with Gasteiger partial charge >= 0.3 is 0 Å². The molecular weight excluding hydrogens is 232 g/mol. The molecule has 2 N–H and O–H groups in total. The van der Waals surface area contributed by atoms with Crippen molar-refractivity contribution < 1.29 is 9.84 Å². The Balaban J connectivity index is 2.72. The summed E-state index contributed by atoms with van der Waals surface area (Å²) in [6.45, 7) is 4.34. The molecule has 1 aromatic heterocycles. The molecule has 0 spiro atoms. The van der Waals surface area contributed by atoms with E-state index in [-0.39, 0.29) is 0 Å². The van der Waals surface area contributed by atoms with Gasteiger partial charge in [-0.1, -0.05) is 0 Å². The number of aryl methyl sites for hydroxylation is 2. The van der Waals surface area contributed by atoms with Gasteiger partial charge in [-0.25, -0.2) is 0 Å². The second-order valence-electron chi connectivity index (χ2n) is 4.64. The zero-order chi connectivity index (χ0) is 13.8. The molecule has 100 valence electrons. The molecule has 1 rings (SSSR count). The van der Waals surface area contributed by atoms with Crippen LogP contribution in [0.1, 0.15) is 24.6 Å². The van der Waals surface area contributed by atoms with E-state index < -0.39 is 5.60 Å². The van der Waals surface area contributed by atoms with Crippen LogP contribution in [0.5, 0.6) is 0 Å². The van der Waals surface area contributed by atoms with Gasteiger partial charge in [-0.3, -0.25) is 4.68 Å². The first-order valence-corrected chi connectivity index (χ1v) is 5.80. The van der Waals surface area contributed by atoms with Gasteiger partial charge in [-0.05, 0) is 13.8 Å². The molecule has 0 aliphatic carbocycles. The van der Waals surface area contributed by atoms with Gasteiger partial charge < -0.3 is 15.2 Å². The fourth-order valence-electron chi connectivity index (χ4n) is 1.68. The Bertz CT molecular complexity index is 446. The molecule has 0 saturated heterocycles. The number of nitriles is 1. The van der Waals surface area contributed by atoms with Crippen molar-refractivity contribution in [1.82, 2.24) is 9.78 Å². The largest absolute Gasteiger partial charge is 0.388 e. The summed E-state index contributed by atoms with van der Waals surface area (Å²) in [7, 11) is 3.36. The highest BCUT2D eigenvalue weighted by Crippen LogP contribution is 2.19. The summed E-state index contributed by atoms with van der Waals surface area (Å²) in [6, 6.07) is 2.11. The molecule has 0 radical (unpaired) electrons. The quantitative estimate of drug-likeness (QED) is 0.782. The van der Waals surface area contributed by atoms with Gasteiger partial charge in [-0.2, -0.15) is 10.4 Å². The van der Waals surface area contributed by atoms with Gasteiger partial charge in [0.2, 0.25) is 0 Å². The van der Waals surface area contributed by atoms with Crippen LogP contribution in [0, 0.1) is 18.3 Å². The van der Waals surface area contributed by atoms with Crippen LogP contribution in [-0.4, -0.2) is 40.7 Å². The van der Waals surface area contributed by atoms with E-state index >= 15 is 0 Å². The predicted molar refractivity (Wildman–Crippen MR) is 68.3 cm³/mol. The first-order valence-electron chi connectivity index (χ1n) is 5.80. The summed E-state index contributed by atoms with van der Waals surface area (Å²) in [5.74, 6) is 0.632. The van der Waals surface area contributed by atoms with E-state index in [2.05, 4.69) is 16.5 Å². The Morgan fingerprint density at radius 1 is 1.61 bits per heavy atom. The van der Waals surface area contributed by atoms with Gasteiger partial charge in [0.1, 0.15) is 17.5 Å². The van der Waals surface area contributed by atoms with Crippen molar-refractivity contribution in [3.8, 4) is 6.07 Å². The van der Waals surface area contributed by atoms with Crippen molar-refractivity contribution in [3.05, 3.63) is 11.3 Å². The van der Waals surface area contributed by atoms with E-state index in [1.165, 1.54) is 0 Å². The molecule has 6 heteroatoms. The van der Waals surface area contributed by atoms with Crippen molar-refractivity contribution >= 4 is 5.82 Å². The van der Waals surface area contributed by atoms with Crippen LogP contribution in [0.2, 0.25) is 0 Å². The van der Waals surface area contributed by atoms with Crippen LogP contribution < -0.4 is 5.32 Å². The van der Waals surface area contributed by atoms with Crippen molar-refractivity contribution in [2.45, 2.75) is 25.9 Å². The molecule has 0 bridgehead atoms. The molecule has 0 fully saturated rings. The lowest BCUT2D eigenvalue weighted by atomic mass is 10.0. The molecule has 1 heterocycles. The fraction of sp³-hybridized carbons (Fsp3) is 0.667. The monoisotopic (exact) mass is 252 g/mol. The Kier molecular flexibility index (Phi) is 4.70. The van der Waals surface area contributed by atoms with Crippen molar-refractivity contribution in [3.63, 3.8) is 0 Å². The van der Waals surface area contributed by atoms with E-state index in [1.54, 1.807) is 32.7 Å². The summed E-state index contributed by atoms with van der Waals surface area (Å²) in [4.78, 5) is 0. The molecule has 1 aromatic rings. The highest BCUT2D eigenvalue weighted by atomic mass is 16.5. The van der Waals surface area contributed by atoms with E-state index in [0.29, 0.717) is 36.6 Å². The Morgan fingerprint density at radius 2 is 2.28 bits per heavy atom. The normalized spacial score (nSPS) is 14.0. The number of methoxy groups -OCH3 is 1. The topological polar surface area (TPSA) is 83.1 Å². The van der Waals surface area contributed by atoms with Crippen LogP contribution in [-0.2, 0) is 11.8 Å². The molecule has 1 atom stereocenters. The lowest BCUT2D eigenvalue weighted by molar-refractivity contribution is 0.0356. The third-order valence-corrected chi connectivity index (χ3v) is 2.82. The average Bonchev–Trinajstić information content (AvgIpc) is 2.58. The predicted octanol–water partition coefficient (Wildman–Crippen LogP) is 0.800. The Labute approximate surface area is 107 Å². The molecule has 18 heavy (non-hydrogen) atoms. The van der Waals surface area contributed by atoms with Gasteiger partial charge in [0.05, 0.1) is 11.3 Å². The van der Waals surface area contributed by atoms with Crippen LogP contribution in [0.25, 0.3) is 0 Å². The summed E-state index contributed by atoms with van der Waals surface area (Å²) < 4.78 is 6.56. The first kappa shape index (κ1) is 14.5. The minimum Gasteiger partial charge on any atom is -0.388 e. The molecule has 0 aliphatic heterocycles. The van der Waals surface area contributed by atoms with Crippen molar-refractivity contribution in [2.75, 3.05) is 25.6 Å². The van der Waals surface area contributed by atoms with Gasteiger partial charge in [0.25, 0.3) is 0 Å². The van der Waals surface area contributed by atoms with E-state index in [1.807, 2.05) is 0 Å². The molecule has 0 aliphatic rings. The van der Waals surface area contributed by atoms with Gasteiger partial charge in [0, 0.05) is 33.7 Å². The number of anilines is 1. The molecular formula is C12H20N4O2. The highest BCUT2D eigenvalue weighted by molar-refractivity contribution is 5.55. The van der Waals surface area contributed by atoms with Crippen LogP contribution in [0.3, 0.4) is 0 Å². The SMILES string of the molecule is COCCC(C)(O)CNc1c(C#N)c(C)nn1C. The Hall–Kier alpha value is -1.58. The van der Waals surface area contributed by atoms with E-state index in [9.17, 15) is 5.11 Å². The zero-order valence-corrected chi connectivity index (χ0v) is 11.3. The van der Waals surface area contributed by atoms with Gasteiger partial charge in [-0.15, -0.1) is 0 Å². The summed E-state index contributed by atoms with van der Waals surface area (Å²) >= 11 is 0. The van der Waals surface area contributed by atoms with Crippen LogP contribution in [0.15, 0.2) is 0 Å². The minimum atomic E-state index is -0.888. The van der Waals surface area contributed by atoms with Crippen LogP contribution >= 0.6 is 0 Å². The molecule has 1 unspecified atom stereocenters. The maximum absolute atomic E-state index is 10.1. The highest BCUT2D eigenvalue weighted by Gasteiger charge is 2.22. The summed E-state index contributed by atoms with van der Waals surface area (Å²) in [6.07, 6.45) is 0.523. The third-order valence-electron chi connectivity index (χ3n) is 2.82. The third kappa shape index (κ3) is 3.45.